The standard InChI is InChI=1S/C10H12N2O/c1-12-9(4-5-10(12)13)8-3-2-6-11-7-8/h2-3,6-7,9H,4-5H2,1H3/t9-/m0/s1/i2D,3D,5D2,6D,7D,9D. The number of hydrogen-bond donors (Lipinski definition) is 0. The second-order valence-corrected chi connectivity index (χ2v) is 2.62. The lowest BCUT2D eigenvalue weighted by molar-refractivity contribution is -0.127. The highest BCUT2D eigenvalue weighted by atomic mass is 16.2. The Morgan fingerprint density at radius 2 is 2.77 bits per heavy atom. The molecule has 0 spiro atoms. The maximum absolute atomic E-state index is 11.8. The summed E-state index contributed by atoms with van der Waals surface area (Å²) in [6.45, 7) is 0. The van der Waals surface area contributed by atoms with Crippen molar-refractivity contribution in [2.24, 2.45) is 0 Å². The molecule has 2 rings (SSSR count). The van der Waals surface area contributed by atoms with Crippen LogP contribution in [0.25, 0.3) is 0 Å². The zero-order valence-corrected chi connectivity index (χ0v) is 7.01. The predicted octanol–water partition coefficient (Wildman–Crippen LogP) is 1.37. The van der Waals surface area contributed by atoms with E-state index in [9.17, 15) is 4.79 Å². The second kappa shape index (κ2) is 3.17. The van der Waals surface area contributed by atoms with E-state index in [1.54, 1.807) is 0 Å². The summed E-state index contributed by atoms with van der Waals surface area (Å²) in [6.07, 6.45) is -3.92. The van der Waals surface area contributed by atoms with Crippen molar-refractivity contribution in [1.29, 1.82) is 0 Å². The Kier molecular flexibility index (Phi) is 0.829. The minimum absolute atomic E-state index is 0.323. The van der Waals surface area contributed by atoms with E-state index in [1.165, 1.54) is 7.05 Å². The Hall–Kier alpha value is -1.38. The molecule has 1 aromatic heterocycles. The summed E-state index contributed by atoms with van der Waals surface area (Å²) in [6, 6.07) is -3.05. The van der Waals surface area contributed by atoms with Gasteiger partial charge in [-0.15, -0.1) is 0 Å². The minimum Gasteiger partial charge on any atom is -0.339 e. The normalized spacial score (nSPS) is 39.6. The summed E-state index contributed by atoms with van der Waals surface area (Å²) in [4.78, 5) is 16.1. The summed E-state index contributed by atoms with van der Waals surface area (Å²) >= 11 is 0. The summed E-state index contributed by atoms with van der Waals surface area (Å²) in [5.74, 6) is -0.909. The second-order valence-electron chi connectivity index (χ2n) is 2.62. The Morgan fingerprint density at radius 1 is 1.92 bits per heavy atom. The van der Waals surface area contributed by atoms with Gasteiger partial charge in [-0.2, -0.15) is 0 Å². The van der Waals surface area contributed by atoms with Crippen LogP contribution in [0.5, 0.6) is 0 Å². The van der Waals surface area contributed by atoms with E-state index in [-0.39, 0.29) is 5.56 Å². The number of carbonyl (C=O) groups excluding carboxylic acids is 1. The van der Waals surface area contributed by atoms with Gasteiger partial charge in [-0.25, -0.2) is 0 Å². The first-order valence-electron chi connectivity index (χ1n) is 7.25. The van der Waals surface area contributed by atoms with Crippen molar-refractivity contribution in [1.82, 2.24) is 9.88 Å². The van der Waals surface area contributed by atoms with Gasteiger partial charge in [0.2, 0.25) is 5.91 Å². The van der Waals surface area contributed by atoms with Gasteiger partial charge in [-0.1, -0.05) is 6.04 Å². The minimum atomic E-state index is -2.27. The van der Waals surface area contributed by atoms with Crippen molar-refractivity contribution in [3.05, 3.63) is 30.0 Å². The summed E-state index contributed by atoms with van der Waals surface area (Å²) in [7, 11) is 1.22. The van der Waals surface area contributed by atoms with E-state index in [2.05, 4.69) is 4.98 Å². The van der Waals surface area contributed by atoms with Crippen LogP contribution in [0.2, 0.25) is 0 Å². The molecule has 1 saturated heterocycles. The van der Waals surface area contributed by atoms with E-state index in [0.29, 0.717) is 0 Å². The molecule has 2 heterocycles. The fourth-order valence-corrected chi connectivity index (χ4v) is 1.14. The number of rotatable bonds is 1. The SMILES string of the molecule is [2H]c1nc([2H])c([C@]2([2H])CC([2H])([2H])C(=O)N2C)c([2H])c1[2H]. The van der Waals surface area contributed by atoms with Gasteiger partial charge in [0.1, 0.15) is 0 Å². The first kappa shape index (κ1) is 3.40. The molecule has 1 amide bonds. The number of nitrogens with zero attached hydrogens (tertiary/aromatic N) is 2. The van der Waals surface area contributed by atoms with Crippen LogP contribution >= 0.6 is 0 Å². The van der Waals surface area contributed by atoms with Crippen molar-refractivity contribution in [2.75, 3.05) is 7.05 Å². The van der Waals surface area contributed by atoms with Crippen LogP contribution in [0.1, 0.15) is 34.0 Å². The molecule has 0 radical (unpaired) electrons. The van der Waals surface area contributed by atoms with Crippen LogP contribution in [0.3, 0.4) is 0 Å². The maximum Gasteiger partial charge on any atom is 0.222 e. The van der Waals surface area contributed by atoms with Crippen LogP contribution in [0, 0.1) is 0 Å². The fourth-order valence-electron chi connectivity index (χ4n) is 1.14. The fraction of sp³-hybridized carbons (Fsp3) is 0.400. The largest absolute Gasteiger partial charge is 0.339 e. The van der Waals surface area contributed by atoms with Gasteiger partial charge in [0, 0.05) is 28.5 Å². The Morgan fingerprint density at radius 3 is 3.46 bits per heavy atom. The highest BCUT2D eigenvalue weighted by Crippen LogP contribution is 2.30. The van der Waals surface area contributed by atoms with Crippen molar-refractivity contribution in [3.8, 4) is 0 Å². The van der Waals surface area contributed by atoms with Gasteiger partial charge >= 0.3 is 0 Å². The lowest BCUT2D eigenvalue weighted by Gasteiger charge is -2.19. The molecule has 13 heavy (non-hydrogen) atoms. The van der Waals surface area contributed by atoms with Crippen molar-refractivity contribution < 1.29 is 14.4 Å². The highest BCUT2D eigenvalue weighted by molar-refractivity contribution is 5.78. The van der Waals surface area contributed by atoms with E-state index >= 15 is 0 Å². The molecule has 3 nitrogen and oxygen atoms in total. The summed E-state index contributed by atoms with van der Waals surface area (Å²) < 4.78 is 53.9. The average Bonchev–Trinajstić information content (AvgIpc) is 2.47. The van der Waals surface area contributed by atoms with Gasteiger partial charge in [0.25, 0.3) is 0 Å². The van der Waals surface area contributed by atoms with Gasteiger partial charge in [0.15, 0.2) is 0 Å². The molecule has 1 atom stereocenters. The monoisotopic (exact) mass is 183 g/mol. The van der Waals surface area contributed by atoms with Crippen molar-refractivity contribution >= 4 is 5.91 Å². The van der Waals surface area contributed by atoms with Gasteiger partial charge in [-0.05, 0) is 18.0 Å². The summed E-state index contributed by atoms with van der Waals surface area (Å²) in [5, 5.41) is 0. The van der Waals surface area contributed by atoms with Crippen LogP contribution in [-0.4, -0.2) is 22.8 Å². The first-order chi connectivity index (χ1) is 9.02. The lowest BCUT2D eigenvalue weighted by Crippen LogP contribution is -2.22. The molecule has 0 saturated carbocycles. The maximum atomic E-state index is 11.8. The molecule has 0 N–H and O–H groups in total. The van der Waals surface area contributed by atoms with Crippen LogP contribution in [-0.2, 0) is 4.79 Å². The molecular weight excluding hydrogens is 164 g/mol. The smallest absolute Gasteiger partial charge is 0.222 e. The molecule has 1 aromatic rings. The third kappa shape index (κ3) is 1.41. The van der Waals surface area contributed by atoms with Gasteiger partial charge in [-0.3, -0.25) is 9.78 Å². The third-order valence-corrected chi connectivity index (χ3v) is 1.87. The topological polar surface area (TPSA) is 33.2 Å². The van der Waals surface area contributed by atoms with Crippen LogP contribution in [0.15, 0.2) is 24.4 Å². The third-order valence-electron chi connectivity index (χ3n) is 1.87. The van der Waals surface area contributed by atoms with E-state index in [0.717, 1.165) is 4.90 Å². The number of pyridine rings is 1. The first-order valence-corrected chi connectivity index (χ1v) is 3.75. The number of amides is 1. The van der Waals surface area contributed by atoms with E-state index < -0.39 is 49.1 Å². The Bertz CT molecular complexity index is 606. The molecule has 0 bridgehead atoms. The molecule has 68 valence electrons. The number of likely N-dealkylation sites (tertiary alicyclic amines) is 1. The zero-order chi connectivity index (χ0) is 15.5. The molecule has 3 heteroatoms. The molecule has 1 fully saturated rings. The van der Waals surface area contributed by atoms with Gasteiger partial charge < -0.3 is 4.90 Å². The molecule has 0 aliphatic carbocycles. The predicted molar refractivity (Wildman–Crippen MR) is 49.0 cm³/mol. The quantitative estimate of drug-likeness (QED) is 0.659. The van der Waals surface area contributed by atoms with Crippen LogP contribution in [0.4, 0.5) is 0 Å². The Balaban J connectivity index is 2.69. The zero-order valence-electron chi connectivity index (χ0n) is 14.0. The Labute approximate surface area is 87.2 Å². The highest BCUT2D eigenvalue weighted by Gasteiger charge is 2.28. The number of aromatic nitrogens is 1. The molecule has 1 aliphatic rings. The van der Waals surface area contributed by atoms with Gasteiger partial charge in [0.05, 0.1) is 12.9 Å². The van der Waals surface area contributed by atoms with Crippen LogP contribution < -0.4 is 0 Å². The van der Waals surface area contributed by atoms with E-state index in [1.807, 2.05) is 0 Å². The van der Waals surface area contributed by atoms with Crippen molar-refractivity contribution in [3.63, 3.8) is 0 Å². The van der Waals surface area contributed by atoms with E-state index in [4.69, 9.17) is 9.60 Å². The lowest BCUT2D eigenvalue weighted by atomic mass is 10.1. The summed E-state index contributed by atoms with van der Waals surface area (Å²) in [5.41, 5.74) is -0.323. The molecule has 0 aromatic carbocycles. The molecule has 1 aliphatic heterocycles. The number of hydrogen-bond acceptors (Lipinski definition) is 2. The van der Waals surface area contributed by atoms with Crippen molar-refractivity contribution in [2.45, 2.75) is 18.8 Å². The molecular formula is C10H12N2O. The average molecular weight is 183 g/mol. The molecule has 0 unspecified atom stereocenters. The number of carbonyl (C=O) groups is 1.